The maximum absolute atomic E-state index is 12.6. The number of Topliss-reactive ketones (excluding diaryl/α,β-unsaturated/α-hetero) is 1. The Bertz CT molecular complexity index is 715. The van der Waals surface area contributed by atoms with E-state index in [-0.39, 0.29) is 18.1 Å². The second-order valence-electron chi connectivity index (χ2n) is 7.00. The van der Waals surface area contributed by atoms with E-state index in [2.05, 4.69) is 9.80 Å². The van der Waals surface area contributed by atoms with E-state index in [1.54, 1.807) is 6.07 Å². The lowest BCUT2D eigenvalue weighted by atomic mass is 9.98. The summed E-state index contributed by atoms with van der Waals surface area (Å²) in [4.78, 5) is 17.1. The molecular weight excluding hydrogens is 320 g/mol. The van der Waals surface area contributed by atoms with Gasteiger partial charge in [-0.3, -0.25) is 14.6 Å². The number of aliphatic hydroxyl groups is 1. The van der Waals surface area contributed by atoms with Crippen molar-refractivity contribution >= 4 is 5.78 Å². The Morgan fingerprint density at radius 1 is 1.20 bits per heavy atom. The second kappa shape index (κ2) is 7.15. The molecule has 6 heteroatoms. The van der Waals surface area contributed by atoms with Crippen LogP contribution in [0.4, 0.5) is 0 Å². The minimum absolute atomic E-state index is 0.0958. The molecule has 2 heterocycles. The van der Waals surface area contributed by atoms with Crippen molar-refractivity contribution in [2.24, 2.45) is 0 Å². The van der Waals surface area contributed by atoms with E-state index in [1.807, 2.05) is 20.8 Å². The number of piperazine rings is 1. The molecule has 2 aliphatic heterocycles. The Morgan fingerprint density at radius 2 is 1.84 bits per heavy atom. The van der Waals surface area contributed by atoms with Crippen LogP contribution in [0.5, 0.6) is 11.5 Å². The molecular formula is C19H26N2O4. The van der Waals surface area contributed by atoms with Gasteiger partial charge >= 0.3 is 0 Å². The topological polar surface area (TPSA) is 73.2 Å². The number of nitrogens with zero attached hydrogens (tertiary/aromatic N) is 2. The number of β-amino-alcohol motifs (C(OH)–C–C–N with tert-alkyl or cyclic N) is 1. The van der Waals surface area contributed by atoms with Gasteiger partial charge in [0.1, 0.15) is 11.5 Å². The molecule has 1 aromatic rings. The smallest absolute Gasteiger partial charge is 0.232 e. The third kappa shape index (κ3) is 3.42. The number of fused-ring (bicyclic) bond motifs is 1. The molecule has 0 radical (unpaired) electrons. The fourth-order valence-electron chi connectivity index (χ4n) is 3.49. The van der Waals surface area contributed by atoms with Crippen LogP contribution < -0.4 is 4.74 Å². The predicted molar refractivity (Wildman–Crippen MR) is 95.0 cm³/mol. The van der Waals surface area contributed by atoms with Crippen LogP contribution in [0.2, 0.25) is 0 Å². The van der Waals surface area contributed by atoms with Crippen LogP contribution in [0, 0.1) is 6.92 Å². The third-order valence-corrected chi connectivity index (χ3v) is 4.91. The molecule has 1 saturated heterocycles. The summed E-state index contributed by atoms with van der Waals surface area (Å²) in [5.74, 6) is 0.965. The summed E-state index contributed by atoms with van der Waals surface area (Å²) in [7, 11) is 0. The van der Waals surface area contributed by atoms with Crippen LogP contribution in [0.25, 0.3) is 0 Å². The number of aromatic hydroxyl groups is 1. The molecule has 0 spiro atoms. The van der Waals surface area contributed by atoms with Gasteiger partial charge in [-0.25, -0.2) is 0 Å². The molecule has 136 valence electrons. The summed E-state index contributed by atoms with van der Waals surface area (Å²) in [5.41, 5.74) is 2.83. The largest absolute Gasteiger partial charge is 0.507 e. The zero-order valence-electron chi connectivity index (χ0n) is 15.1. The molecule has 2 N–H and O–H groups in total. The average molecular weight is 346 g/mol. The Morgan fingerprint density at radius 3 is 2.44 bits per heavy atom. The van der Waals surface area contributed by atoms with Crippen LogP contribution in [-0.4, -0.2) is 65.1 Å². The van der Waals surface area contributed by atoms with Gasteiger partial charge in [0, 0.05) is 39.3 Å². The summed E-state index contributed by atoms with van der Waals surface area (Å²) in [5, 5.41) is 19.5. The second-order valence-corrected chi connectivity index (χ2v) is 7.00. The molecule has 6 nitrogen and oxygen atoms in total. The minimum Gasteiger partial charge on any atom is -0.507 e. The molecule has 0 aliphatic carbocycles. The standard InChI is InChI=1S/C19H26N2O4/c1-12(2)18-17(24)16-13(3)10-15(23)14(19(16)25-18)11-21-6-4-20(5-7-21)8-9-22/h10,22-23H,4-9,11H2,1-3H3. The molecule has 2 aliphatic rings. The number of allylic oxidation sites excluding steroid dienone is 2. The summed E-state index contributed by atoms with van der Waals surface area (Å²) < 4.78 is 5.87. The van der Waals surface area contributed by atoms with Crippen LogP contribution in [-0.2, 0) is 6.54 Å². The SMILES string of the molecule is CC(C)=C1Oc2c(CN3CCN(CCO)CC3)c(O)cc(C)c2C1=O. The van der Waals surface area contributed by atoms with Gasteiger partial charge in [-0.2, -0.15) is 0 Å². The maximum Gasteiger partial charge on any atom is 0.232 e. The van der Waals surface area contributed by atoms with Crippen LogP contribution in [0.15, 0.2) is 17.4 Å². The predicted octanol–water partition coefficient (Wildman–Crippen LogP) is 1.68. The Balaban J connectivity index is 1.85. The van der Waals surface area contributed by atoms with Crippen molar-refractivity contribution in [2.75, 3.05) is 39.3 Å². The number of hydrogen-bond donors (Lipinski definition) is 2. The van der Waals surface area contributed by atoms with Crippen molar-refractivity contribution in [3.05, 3.63) is 34.1 Å². The number of benzene rings is 1. The number of phenolic OH excluding ortho intramolecular Hbond substituents is 1. The van der Waals surface area contributed by atoms with Crippen molar-refractivity contribution < 1.29 is 19.7 Å². The zero-order valence-corrected chi connectivity index (χ0v) is 15.1. The lowest BCUT2D eigenvalue weighted by Crippen LogP contribution is -2.46. The summed E-state index contributed by atoms with van der Waals surface area (Å²) in [6, 6.07) is 1.66. The van der Waals surface area contributed by atoms with Crippen LogP contribution in [0.3, 0.4) is 0 Å². The molecule has 0 atom stereocenters. The van der Waals surface area contributed by atoms with Gasteiger partial charge in [0.05, 0.1) is 17.7 Å². The number of carbonyl (C=O) groups is 1. The van der Waals surface area contributed by atoms with Gasteiger partial charge < -0.3 is 14.9 Å². The highest BCUT2D eigenvalue weighted by atomic mass is 16.5. The number of carbonyl (C=O) groups excluding carboxylic acids is 1. The first-order chi connectivity index (χ1) is 11.9. The maximum atomic E-state index is 12.6. The highest BCUT2D eigenvalue weighted by Crippen LogP contribution is 2.42. The molecule has 0 saturated carbocycles. The van der Waals surface area contributed by atoms with Crippen molar-refractivity contribution in [1.29, 1.82) is 0 Å². The highest BCUT2D eigenvalue weighted by Gasteiger charge is 2.34. The number of ketones is 1. The molecule has 0 unspecified atom stereocenters. The van der Waals surface area contributed by atoms with Gasteiger partial charge in [0.2, 0.25) is 5.78 Å². The first kappa shape index (κ1) is 17.9. The molecule has 0 bridgehead atoms. The van der Waals surface area contributed by atoms with E-state index >= 15 is 0 Å². The van der Waals surface area contributed by atoms with E-state index in [0.29, 0.717) is 35.7 Å². The summed E-state index contributed by atoms with van der Waals surface area (Å²) in [6.07, 6.45) is 0. The Kier molecular flexibility index (Phi) is 5.13. The number of aryl methyl sites for hydroxylation is 1. The molecule has 0 amide bonds. The quantitative estimate of drug-likeness (QED) is 0.808. The van der Waals surface area contributed by atoms with Gasteiger partial charge in [-0.1, -0.05) is 0 Å². The van der Waals surface area contributed by atoms with Crippen molar-refractivity contribution in [2.45, 2.75) is 27.3 Å². The minimum atomic E-state index is -0.0958. The molecule has 1 fully saturated rings. The van der Waals surface area contributed by atoms with Gasteiger partial charge in [0.25, 0.3) is 0 Å². The first-order valence-corrected chi connectivity index (χ1v) is 8.73. The normalized spacial score (nSPS) is 18.4. The number of ether oxygens (including phenoxy) is 1. The van der Waals surface area contributed by atoms with Gasteiger partial charge in [-0.05, 0) is 38.0 Å². The average Bonchev–Trinajstić information content (AvgIpc) is 2.91. The number of rotatable bonds is 4. The summed E-state index contributed by atoms with van der Waals surface area (Å²) >= 11 is 0. The first-order valence-electron chi connectivity index (χ1n) is 8.73. The highest BCUT2D eigenvalue weighted by molar-refractivity contribution is 6.14. The number of phenols is 1. The monoisotopic (exact) mass is 346 g/mol. The number of aliphatic hydroxyl groups excluding tert-OH is 1. The van der Waals surface area contributed by atoms with Crippen LogP contribution >= 0.6 is 0 Å². The van der Waals surface area contributed by atoms with E-state index < -0.39 is 0 Å². The lowest BCUT2D eigenvalue weighted by molar-refractivity contribution is 0.101. The third-order valence-electron chi connectivity index (χ3n) is 4.91. The fraction of sp³-hybridized carbons (Fsp3) is 0.526. The van der Waals surface area contributed by atoms with Gasteiger partial charge in [0.15, 0.2) is 5.76 Å². The van der Waals surface area contributed by atoms with Crippen LogP contribution in [0.1, 0.15) is 35.3 Å². The van der Waals surface area contributed by atoms with E-state index in [0.717, 1.165) is 37.3 Å². The summed E-state index contributed by atoms with van der Waals surface area (Å²) in [6.45, 7) is 10.4. The van der Waals surface area contributed by atoms with E-state index in [1.165, 1.54) is 0 Å². The zero-order chi connectivity index (χ0) is 18.1. The van der Waals surface area contributed by atoms with E-state index in [9.17, 15) is 9.90 Å². The fourth-order valence-corrected chi connectivity index (χ4v) is 3.49. The molecule has 3 rings (SSSR count). The number of hydrogen-bond acceptors (Lipinski definition) is 6. The Hall–Kier alpha value is -1.89. The molecule has 25 heavy (non-hydrogen) atoms. The van der Waals surface area contributed by atoms with Gasteiger partial charge in [-0.15, -0.1) is 0 Å². The van der Waals surface area contributed by atoms with Crippen molar-refractivity contribution in [1.82, 2.24) is 9.80 Å². The van der Waals surface area contributed by atoms with E-state index in [4.69, 9.17) is 9.84 Å². The lowest BCUT2D eigenvalue weighted by Gasteiger charge is -2.34. The molecule has 0 aromatic heterocycles. The van der Waals surface area contributed by atoms with Crippen molar-refractivity contribution in [3.63, 3.8) is 0 Å². The molecule has 1 aromatic carbocycles. The Labute approximate surface area is 148 Å². The van der Waals surface area contributed by atoms with Crippen molar-refractivity contribution in [3.8, 4) is 11.5 Å².